The van der Waals surface area contributed by atoms with Gasteiger partial charge in [0.15, 0.2) is 0 Å². The molecule has 2 amide bonds. The van der Waals surface area contributed by atoms with Crippen molar-refractivity contribution in [2.45, 2.75) is 19.3 Å². The molecule has 1 rings (SSSR count). The Bertz CT molecular complexity index is 236. The predicted octanol–water partition coefficient (Wildman–Crippen LogP) is -0.486. The molecule has 1 fully saturated rings. The van der Waals surface area contributed by atoms with Gasteiger partial charge in [-0.2, -0.15) is 0 Å². The van der Waals surface area contributed by atoms with Crippen molar-refractivity contribution in [3.63, 3.8) is 0 Å². The highest BCUT2D eigenvalue weighted by Crippen LogP contribution is 2.15. The van der Waals surface area contributed by atoms with Gasteiger partial charge in [-0.25, -0.2) is 0 Å². The van der Waals surface area contributed by atoms with E-state index in [2.05, 4.69) is 5.32 Å². The number of imide groups is 1. The first-order valence-electron chi connectivity index (χ1n) is 3.65. The second kappa shape index (κ2) is 3.34. The topological polar surface area (TPSA) is 83.5 Å². The Labute approximate surface area is 68.8 Å². The molecule has 12 heavy (non-hydrogen) atoms. The van der Waals surface area contributed by atoms with Gasteiger partial charge in [0.25, 0.3) is 0 Å². The minimum absolute atomic E-state index is 0.195. The quantitative estimate of drug-likeness (QED) is 0.549. The summed E-state index contributed by atoms with van der Waals surface area (Å²) in [5, 5.41) is 10.5. The molecule has 5 heteroatoms. The van der Waals surface area contributed by atoms with Crippen LogP contribution in [0.2, 0.25) is 0 Å². The average molecular weight is 171 g/mol. The highest BCUT2D eigenvalue weighted by atomic mass is 16.4. The van der Waals surface area contributed by atoms with Gasteiger partial charge in [0.2, 0.25) is 11.8 Å². The second-order valence-electron chi connectivity index (χ2n) is 2.75. The number of carbonyl (C=O) groups excluding carboxylic acids is 2. The van der Waals surface area contributed by atoms with Crippen molar-refractivity contribution in [3.05, 3.63) is 0 Å². The maximum atomic E-state index is 10.9. The Hall–Kier alpha value is -1.39. The maximum absolute atomic E-state index is 10.9. The van der Waals surface area contributed by atoms with E-state index in [4.69, 9.17) is 5.11 Å². The van der Waals surface area contributed by atoms with Gasteiger partial charge in [0.1, 0.15) is 0 Å². The van der Waals surface area contributed by atoms with Crippen LogP contribution in [0.5, 0.6) is 0 Å². The number of rotatable bonds is 2. The summed E-state index contributed by atoms with van der Waals surface area (Å²) < 4.78 is 0. The molecule has 5 nitrogen and oxygen atoms in total. The lowest BCUT2D eigenvalue weighted by atomic mass is 9.95. The van der Waals surface area contributed by atoms with E-state index in [1.54, 1.807) is 0 Å². The van der Waals surface area contributed by atoms with Crippen molar-refractivity contribution < 1.29 is 19.5 Å². The van der Waals surface area contributed by atoms with Gasteiger partial charge in [-0.3, -0.25) is 19.7 Å². The summed E-state index contributed by atoms with van der Waals surface area (Å²) in [6, 6.07) is 0. The summed E-state index contributed by atoms with van der Waals surface area (Å²) in [5.41, 5.74) is 0. The zero-order chi connectivity index (χ0) is 9.14. The standard InChI is InChI=1S/C7H9NO4/c9-5-2-1-4(3-6(10)11)7(12)8-5/h4H,1-3H2,(H,10,11)(H,8,9,12). The van der Waals surface area contributed by atoms with Gasteiger partial charge >= 0.3 is 5.97 Å². The summed E-state index contributed by atoms with van der Waals surface area (Å²) in [6.45, 7) is 0. The number of piperidine rings is 1. The Morgan fingerprint density at radius 3 is 2.75 bits per heavy atom. The molecule has 0 radical (unpaired) electrons. The number of carboxylic acids is 1. The molecule has 1 unspecified atom stereocenters. The number of amides is 2. The summed E-state index contributed by atoms with van der Waals surface area (Å²) in [6.07, 6.45) is 0.389. The zero-order valence-electron chi connectivity index (χ0n) is 6.37. The van der Waals surface area contributed by atoms with Crippen molar-refractivity contribution in [2.24, 2.45) is 5.92 Å². The van der Waals surface area contributed by atoms with Crippen molar-refractivity contribution >= 4 is 17.8 Å². The maximum Gasteiger partial charge on any atom is 0.304 e. The summed E-state index contributed by atoms with van der Waals surface area (Å²) in [7, 11) is 0. The first-order chi connectivity index (χ1) is 5.59. The SMILES string of the molecule is O=C(O)CC1CCC(=O)NC1=O. The molecule has 0 bridgehead atoms. The molecule has 1 aliphatic rings. The van der Waals surface area contributed by atoms with Crippen LogP contribution in [0.15, 0.2) is 0 Å². The highest BCUT2D eigenvalue weighted by Gasteiger charge is 2.27. The van der Waals surface area contributed by atoms with E-state index < -0.39 is 17.8 Å². The molecule has 0 aliphatic carbocycles. The number of carbonyl (C=O) groups is 3. The lowest BCUT2D eigenvalue weighted by Gasteiger charge is -2.18. The molecule has 0 aromatic carbocycles. The molecular formula is C7H9NO4. The van der Waals surface area contributed by atoms with Crippen LogP contribution in [0, 0.1) is 5.92 Å². The van der Waals surface area contributed by atoms with Crippen LogP contribution in [0.3, 0.4) is 0 Å². The fourth-order valence-electron chi connectivity index (χ4n) is 1.14. The molecule has 0 spiro atoms. The van der Waals surface area contributed by atoms with Crippen LogP contribution in [0.4, 0.5) is 0 Å². The van der Waals surface area contributed by atoms with E-state index in [0.717, 1.165) is 0 Å². The molecular weight excluding hydrogens is 162 g/mol. The van der Waals surface area contributed by atoms with Crippen molar-refractivity contribution in [2.75, 3.05) is 0 Å². The molecule has 1 aliphatic heterocycles. The van der Waals surface area contributed by atoms with Gasteiger partial charge in [0.05, 0.1) is 6.42 Å². The van der Waals surface area contributed by atoms with Crippen LogP contribution in [-0.2, 0) is 14.4 Å². The van der Waals surface area contributed by atoms with E-state index in [1.165, 1.54) is 0 Å². The van der Waals surface area contributed by atoms with Crippen LogP contribution in [0.1, 0.15) is 19.3 Å². The minimum Gasteiger partial charge on any atom is -0.481 e. The lowest BCUT2D eigenvalue weighted by molar-refractivity contribution is -0.144. The van der Waals surface area contributed by atoms with Gasteiger partial charge < -0.3 is 5.11 Å². The summed E-state index contributed by atoms with van der Waals surface area (Å²) in [5.74, 6) is -2.33. The van der Waals surface area contributed by atoms with Crippen LogP contribution in [-0.4, -0.2) is 22.9 Å². The normalized spacial score (nSPS) is 23.5. The Balaban J connectivity index is 2.51. The number of hydrogen-bond donors (Lipinski definition) is 2. The Morgan fingerprint density at radius 1 is 1.58 bits per heavy atom. The largest absolute Gasteiger partial charge is 0.481 e. The average Bonchev–Trinajstić information content (AvgIpc) is 1.94. The zero-order valence-corrected chi connectivity index (χ0v) is 6.37. The van der Waals surface area contributed by atoms with E-state index in [0.29, 0.717) is 6.42 Å². The number of hydrogen-bond acceptors (Lipinski definition) is 3. The fourth-order valence-corrected chi connectivity index (χ4v) is 1.14. The molecule has 66 valence electrons. The number of carboxylic acid groups (broad SMARTS) is 1. The van der Waals surface area contributed by atoms with E-state index in [-0.39, 0.29) is 18.7 Å². The number of aliphatic carboxylic acids is 1. The molecule has 1 atom stereocenters. The van der Waals surface area contributed by atoms with Crippen molar-refractivity contribution in [1.29, 1.82) is 0 Å². The van der Waals surface area contributed by atoms with Crippen molar-refractivity contribution in [1.82, 2.24) is 5.32 Å². The molecule has 0 saturated carbocycles. The minimum atomic E-state index is -1.01. The van der Waals surface area contributed by atoms with E-state index in [1.807, 2.05) is 0 Å². The molecule has 1 saturated heterocycles. The third kappa shape index (κ3) is 2.05. The fraction of sp³-hybridized carbons (Fsp3) is 0.571. The molecule has 0 aromatic rings. The lowest BCUT2D eigenvalue weighted by Crippen LogP contribution is -2.41. The first-order valence-corrected chi connectivity index (χ1v) is 3.65. The predicted molar refractivity (Wildman–Crippen MR) is 38.1 cm³/mol. The first kappa shape index (κ1) is 8.70. The number of nitrogens with one attached hydrogen (secondary N) is 1. The van der Waals surface area contributed by atoms with Crippen molar-refractivity contribution in [3.8, 4) is 0 Å². The third-order valence-electron chi connectivity index (χ3n) is 1.77. The van der Waals surface area contributed by atoms with Crippen LogP contribution in [0.25, 0.3) is 0 Å². The highest BCUT2D eigenvalue weighted by molar-refractivity contribution is 5.99. The van der Waals surface area contributed by atoms with Gasteiger partial charge in [-0.1, -0.05) is 0 Å². The Morgan fingerprint density at radius 2 is 2.25 bits per heavy atom. The van der Waals surface area contributed by atoms with Gasteiger partial charge in [-0.15, -0.1) is 0 Å². The summed E-state index contributed by atoms with van der Waals surface area (Å²) >= 11 is 0. The van der Waals surface area contributed by atoms with Gasteiger partial charge in [-0.05, 0) is 6.42 Å². The molecule has 1 heterocycles. The van der Waals surface area contributed by atoms with Gasteiger partial charge in [0, 0.05) is 12.3 Å². The Kier molecular flexibility index (Phi) is 2.42. The van der Waals surface area contributed by atoms with E-state index >= 15 is 0 Å². The van der Waals surface area contributed by atoms with E-state index in [9.17, 15) is 14.4 Å². The second-order valence-corrected chi connectivity index (χ2v) is 2.75. The third-order valence-corrected chi connectivity index (χ3v) is 1.77. The molecule has 0 aromatic heterocycles. The van der Waals surface area contributed by atoms with Crippen LogP contribution >= 0.6 is 0 Å². The van der Waals surface area contributed by atoms with Crippen LogP contribution < -0.4 is 5.32 Å². The molecule has 2 N–H and O–H groups in total. The summed E-state index contributed by atoms with van der Waals surface area (Å²) in [4.78, 5) is 31.8. The monoisotopic (exact) mass is 171 g/mol. The smallest absolute Gasteiger partial charge is 0.304 e.